The van der Waals surface area contributed by atoms with E-state index in [2.05, 4.69) is 36.6 Å². The highest BCUT2D eigenvalue weighted by Gasteiger charge is 2.13. The molecule has 9 heteroatoms. The lowest BCUT2D eigenvalue weighted by molar-refractivity contribution is -0.147. The van der Waals surface area contributed by atoms with E-state index in [-0.39, 0.29) is 28.8 Å². The van der Waals surface area contributed by atoms with Gasteiger partial charge in [-0.2, -0.15) is 0 Å². The summed E-state index contributed by atoms with van der Waals surface area (Å²) in [6, 6.07) is 17.9. The van der Waals surface area contributed by atoms with Gasteiger partial charge in [0.2, 0.25) is 5.91 Å². The molecule has 0 bridgehead atoms. The van der Waals surface area contributed by atoms with E-state index in [4.69, 9.17) is 32.7 Å². The first-order chi connectivity index (χ1) is 17.6. The van der Waals surface area contributed by atoms with Crippen molar-refractivity contribution in [2.45, 2.75) is 39.5 Å². The fourth-order valence-corrected chi connectivity index (χ4v) is 3.73. The molecule has 37 heavy (non-hydrogen) atoms. The van der Waals surface area contributed by atoms with Crippen molar-refractivity contribution in [1.29, 1.82) is 0 Å². The van der Waals surface area contributed by atoms with Gasteiger partial charge in [0.25, 0.3) is 5.91 Å². The van der Waals surface area contributed by atoms with Gasteiger partial charge >= 0.3 is 5.97 Å². The average Bonchev–Trinajstić information content (AvgIpc) is 2.85. The molecule has 194 valence electrons. The average molecular weight is 543 g/mol. The van der Waals surface area contributed by atoms with E-state index < -0.39 is 18.5 Å². The Morgan fingerprint density at radius 2 is 1.62 bits per heavy atom. The van der Waals surface area contributed by atoms with Crippen LogP contribution >= 0.6 is 23.2 Å². The van der Waals surface area contributed by atoms with Gasteiger partial charge < -0.3 is 20.1 Å². The third kappa shape index (κ3) is 8.51. The van der Waals surface area contributed by atoms with Crippen LogP contribution in [-0.4, -0.2) is 24.4 Å². The molecular formula is C28H28Cl2N2O5. The zero-order valence-corrected chi connectivity index (χ0v) is 22.3. The zero-order valence-electron chi connectivity index (χ0n) is 20.8. The van der Waals surface area contributed by atoms with Gasteiger partial charge in [-0.05, 0) is 66.4 Å². The van der Waals surface area contributed by atoms with Crippen LogP contribution in [0.3, 0.4) is 0 Å². The Hall–Kier alpha value is -3.55. The standard InChI is InChI=1S/C28H28Cl2N2O5/c1-17(2)21-12-7-18(3)15-24(21)37-20-10-8-19(9-11-20)31-25(33)13-14-27(35)36-16-26(34)32-23-6-4-5-22(29)28(23)30/h4-12,15,17H,13-14,16H2,1-3H3,(H,31,33)(H,32,34). The predicted molar refractivity (Wildman–Crippen MR) is 146 cm³/mol. The maximum Gasteiger partial charge on any atom is 0.306 e. The Morgan fingerprint density at radius 3 is 2.32 bits per heavy atom. The maximum absolute atomic E-state index is 12.2. The van der Waals surface area contributed by atoms with Gasteiger partial charge in [-0.3, -0.25) is 14.4 Å². The summed E-state index contributed by atoms with van der Waals surface area (Å²) in [5.74, 6) is 0.153. The van der Waals surface area contributed by atoms with Crippen LogP contribution in [0.4, 0.5) is 11.4 Å². The summed E-state index contributed by atoms with van der Waals surface area (Å²) in [5.41, 5.74) is 3.09. The number of aryl methyl sites for hydroxylation is 1. The molecule has 3 aromatic rings. The second-order valence-corrected chi connectivity index (χ2v) is 9.47. The molecule has 3 aromatic carbocycles. The Labute approximate surface area is 226 Å². The summed E-state index contributed by atoms with van der Waals surface area (Å²) in [7, 11) is 0. The number of ether oxygens (including phenoxy) is 2. The molecule has 0 unspecified atom stereocenters. The lowest BCUT2D eigenvalue weighted by atomic mass is 10.0. The minimum absolute atomic E-state index is 0.0974. The number of anilines is 2. The molecule has 0 heterocycles. The Bertz CT molecular complexity index is 1280. The summed E-state index contributed by atoms with van der Waals surface area (Å²) in [6.45, 7) is 5.72. The van der Waals surface area contributed by atoms with Gasteiger partial charge in [0.15, 0.2) is 6.61 Å². The first-order valence-electron chi connectivity index (χ1n) is 11.7. The molecule has 0 aliphatic heterocycles. The first-order valence-corrected chi connectivity index (χ1v) is 12.5. The van der Waals surface area contributed by atoms with E-state index in [0.29, 0.717) is 23.0 Å². The highest BCUT2D eigenvalue weighted by molar-refractivity contribution is 6.44. The van der Waals surface area contributed by atoms with Crippen LogP contribution in [-0.2, 0) is 19.1 Å². The summed E-state index contributed by atoms with van der Waals surface area (Å²) in [6.07, 6.45) is -0.274. The number of amides is 2. The maximum atomic E-state index is 12.2. The molecule has 0 saturated heterocycles. The number of esters is 1. The number of rotatable bonds is 10. The molecule has 0 aliphatic carbocycles. The normalized spacial score (nSPS) is 10.6. The smallest absolute Gasteiger partial charge is 0.306 e. The second kappa shape index (κ2) is 13.1. The van der Waals surface area contributed by atoms with Crippen LogP contribution in [0.25, 0.3) is 0 Å². The van der Waals surface area contributed by atoms with Crippen molar-refractivity contribution in [2.75, 3.05) is 17.2 Å². The van der Waals surface area contributed by atoms with E-state index in [1.165, 1.54) is 0 Å². The van der Waals surface area contributed by atoms with Gasteiger partial charge in [-0.25, -0.2) is 0 Å². The van der Waals surface area contributed by atoms with Gasteiger partial charge in [-0.15, -0.1) is 0 Å². The van der Waals surface area contributed by atoms with E-state index in [0.717, 1.165) is 16.9 Å². The predicted octanol–water partition coefficient (Wildman–Crippen LogP) is 7.12. The van der Waals surface area contributed by atoms with E-state index in [1.807, 2.05) is 13.0 Å². The van der Waals surface area contributed by atoms with Crippen LogP contribution in [0.1, 0.15) is 43.7 Å². The Morgan fingerprint density at radius 1 is 0.892 bits per heavy atom. The van der Waals surface area contributed by atoms with E-state index in [9.17, 15) is 14.4 Å². The van der Waals surface area contributed by atoms with Crippen LogP contribution in [0.15, 0.2) is 60.7 Å². The summed E-state index contributed by atoms with van der Waals surface area (Å²) in [5, 5.41) is 5.72. The van der Waals surface area contributed by atoms with Gasteiger partial charge in [0.05, 0.1) is 22.2 Å². The summed E-state index contributed by atoms with van der Waals surface area (Å²) >= 11 is 11.9. The Kier molecular flexibility index (Phi) is 9.94. The van der Waals surface area contributed by atoms with Crippen molar-refractivity contribution < 1.29 is 23.9 Å². The number of nitrogens with one attached hydrogen (secondary N) is 2. The number of benzene rings is 3. The lowest BCUT2D eigenvalue weighted by Gasteiger charge is -2.15. The molecule has 0 radical (unpaired) electrons. The van der Waals surface area contributed by atoms with Crippen LogP contribution in [0.2, 0.25) is 10.0 Å². The molecular weight excluding hydrogens is 515 g/mol. The van der Waals surface area contributed by atoms with Gasteiger partial charge in [0, 0.05) is 12.1 Å². The quantitative estimate of drug-likeness (QED) is 0.266. The topological polar surface area (TPSA) is 93.7 Å². The van der Waals surface area contributed by atoms with Crippen molar-refractivity contribution in [3.05, 3.63) is 81.8 Å². The van der Waals surface area contributed by atoms with Crippen molar-refractivity contribution in [3.8, 4) is 11.5 Å². The number of hydrogen-bond donors (Lipinski definition) is 2. The Balaban J connectivity index is 1.43. The SMILES string of the molecule is Cc1ccc(C(C)C)c(Oc2ccc(NC(=O)CCC(=O)OCC(=O)Nc3cccc(Cl)c3Cl)cc2)c1. The number of halogens is 2. The number of carbonyl (C=O) groups is 3. The van der Waals surface area contributed by atoms with Crippen LogP contribution < -0.4 is 15.4 Å². The van der Waals surface area contributed by atoms with Crippen molar-refractivity contribution in [1.82, 2.24) is 0 Å². The highest BCUT2D eigenvalue weighted by atomic mass is 35.5. The van der Waals surface area contributed by atoms with E-state index in [1.54, 1.807) is 42.5 Å². The zero-order chi connectivity index (χ0) is 26.9. The minimum Gasteiger partial charge on any atom is -0.457 e. The van der Waals surface area contributed by atoms with Crippen molar-refractivity contribution in [2.24, 2.45) is 0 Å². The summed E-state index contributed by atoms with van der Waals surface area (Å²) in [4.78, 5) is 36.2. The molecule has 3 rings (SSSR count). The van der Waals surface area contributed by atoms with Crippen LogP contribution in [0.5, 0.6) is 11.5 Å². The highest BCUT2D eigenvalue weighted by Crippen LogP contribution is 2.32. The molecule has 2 N–H and O–H groups in total. The molecule has 0 aliphatic rings. The molecule has 2 amide bonds. The van der Waals surface area contributed by atoms with Gasteiger partial charge in [0.1, 0.15) is 11.5 Å². The third-order valence-corrected chi connectivity index (χ3v) is 6.12. The molecule has 0 spiro atoms. The van der Waals surface area contributed by atoms with E-state index >= 15 is 0 Å². The molecule has 0 fully saturated rings. The largest absolute Gasteiger partial charge is 0.457 e. The number of carbonyl (C=O) groups excluding carboxylic acids is 3. The van der Waals surface area contributed by atoms with Gasteiger partial charge in [-0.1, -0.05) is 55.2 Å². The van der Waals surface area contributed by atoms with Crippen LogP contribution in [0, 0.1) is 6.92 Å². The van der Waals surface area contributed by atoms with Crippen molar-refractivity contribution >= 4 is 52.4 Å². The van der Waals surface area contributed by atoms with Crippen molar-refractivity contribution in [3.63, 3.8) is 0 Å². The molecule has 0 aromatic heterocycles. The molecule has 0 atom stereocenters. The first kappa shape index (κ1) is 28.0. The molecule has 7 nitrogen and oxygen atoms in total. The fourth-order valence-electron chi connectivity index (χ4n) is 3.38. The minimum atomic E-state index is -0.676. The number of hydrogen-bond acceptors (Lipinski definition) is 5. The lowest BCUT2D eigenvalue weighted by Crippen LogP contribution is -2.22. The summed E-state index contributed by atoms with van der Waals surface area (Å²) < 4.78 is 11.0. The molecule has 0 saturated carbocycles. The second-order valence-electron chi connectivity index (χ2n) is 8.68. The fraction of sp³-hybridized carbons (Fsp3) is 0.250. The third-order valence-electron chi connectivity index (χ3n) is 5.30. The monoisotopic (exact) mass is 542 g/mol.